The summed E-state index contributed by atoms with van der Waals surface area (Å²) in [6, 6.07) is 0. The molecule has 110 valence electrons. The number of carbonyl (C=O) groups is 1. The molecule has 0 spiro atoms. The first-order chi connectivity index (χ1) is 8.91. The van der Waals surface area contributed by atoms with Gasteiger partial charge in [0.15, 0.2) is 0 Å². The molecule has 1 aliphatic heterocycles. The van der Waals surface area contributed by atoms with Gasteiger partial charge >= 0.3 is 0 Å². The Morgan fingerprint density at radius 2 is 1.79 bits per heavy atom. The monoisotopic (exact) mass is 329 g/mol. The van der Waals surface area contributed by atoms with E-state index >= 15 is 0 Å². The van der Waals surface area contributed by atoms with E-state index in [1.165, 1.54) is 19.3 Å². The van der Waals surface area contributed by atoms with E-state index in [1.54, 1.807) is 0 Å². The van der Waals surface area contributed by atoms with Crippen LogP contribution in [-0.2, 0) is 4.79 Å². The first-order valence-electron chi connectivity index (χ1n) is 7.76. The van der Waals surface area contributed by atoms with Gasteiger partial charge in [0.25, 0.3) is 0 Å². The van der Waals surface area contributed by atoms with Gasteiger partial charge in [0.2, 0.25) is 5.91 Å². The number of nitrogens with zero attached hydrogens (tertiary/aromatic N) is 1. The largest absolute Gasteiger partial charge is 0.342 e. The maximum atomic E-state index is 12.5. The molecule has 0 aromatic heterocycles. The van der Waals surface area contributed by atoms with Crippen molar-refractivity contribution in [2.24, 2.45) is 23.2 Å². The third-order valence-electron chi connectivity index (χ3n) is 5.12. The van der Waals surface area contributed by atoms with E-state index in [2.05, 4.69) is 41.6 Å². The highest BCUT2D eigenvalue weighted by Crippen LogP contribution is 2.40. The average molecular weight is 330 g/mol. The molecule has 1 aliphatic carbocycles. The third kappa shape index (κ3) is 3.74. The number of halogens is 1. The quantitative estimate of drug-likeness (QED) is 0.699. The number of likely N-dealkylation sites (tertiary alicyclic amines) is 1. The van der Waals surface area contributed by atoms with E-state index in [4.69, 9.17) is 0 Å². The molecule has 1 amide bonds. The Bertz CT molecular complexity index is 315. The smallest absolute Gasteiger partial charge is 0.225 e. The fourth-order valence-electron chi connectivity index (χ4n) is 3.62. The molecule has 0 radical (unpaired) electrons. The maximum Gasteiger partial charge on any atom is 0.225 e. The van der Waals surface area contributed by atoms with Gasteiger partial charge in [-0.2, -0.15) is 0 Å². The number of carbonyl (C=O) groups excluding carboxylic acids is 1. The Morgan fingerprint density at radius 1 is 1.16 bits per heavy atom. The Labute approximate surface area is 126 Å². The lowest BCUT2D eigenvalue weighted by molar-refractivity contribution is -0.136. The summed E-state index contributed by atoms with van der Waals surface area (Å²) in [4.78, 5) is 14.6. The van der Waals surface area contributed by atoms with Crippen LogP contribution >= 0.6 is 15.9 Å². The van der Waals surface area contributed by atoms with Crippen LogP contribution in [0.25, 0.3) is 0 Å². The molecule has 1 atom stereocenters. The molecular weight excluding hydrogens is 302 g/mol. The fourth-order valence-corrected chi connectivity index (χ4v) is 4.15. The first-order valence-corrected chi connectivity index (χ1v) is 8.88. The van der Waals surface area contributed by atoms with Gasteiger partial charge in [-0.25, -0.2) is 0 Å². The molecule has 1 saturated heterocycles. The van der Waals surface area contributed by atoms with Crippen molar-refractivity contribution >= 4 is 21.8 Å². The second-order valence-electron chi connectivity index (χ2n) is 7.51. The van der Waals surface area contributed by atoms with Crippen molar-refractivity contribution in [3.8, 4) is 0 Å². The fraction of sp³-hybridized carbons (Fsp3) is 0.938. The summed E-state index contributed by atoms with van der Waals surface area (Å²) >= 11 is 3.54. The lowest BCUT2D eigenvalue weighted by Gasteiger charge is -2.37. The Balaban J connectivity index is 1.83. The van der Waals surface area contributed by atoms with Crippen LogP contribution in [0.3, 0.4) is 0 Å². The Kier molecular flexibility index (Phi) is 4.97. The van der Waals surface area contributed by atoms with Crippen LogP contribution in [-0.4, -0.2) is 29.2 Å². The molecule has 3 heteroatoms. The zero-order valence-electron chi connectivity index (χ0n) is 12.6. The van der Waals surface area contributed by atoms with Crippen LogP contribution in [0.15, 0.2) is 0 Å². The summed E-state index contributed by atoms with van der Waals surface area (Å²) < 4.78 is 0. The van der Waals surface area contributed by atoms with E-state index in [0.29, 0.717) is 23.2 Å². The van der Waals surface area contributed by atoms with Crippen LogP contribution in [0.1, 0.15) is 52.9 Å². The highest BCUT2D eigenvalue weighted by Gasteiger charge is 2.35. The minimum absolute atomic E-state index is 0.313. The highest BCUT2D eigenvalue weighted by molar-refractivity contribution is 9.09. The first kappa shape index (κ1) is 15.3. The van der Waals surface area contributed by atoms with E-state index in [-0.39, 0.29) is 0 Å². The van der Waals surface area contributed by atoms with Gasteiger partial charge in [-0.15, -0.1) is 0 Å². The van der Waals surface area contributed by atoms with Crippen molar-refractivity contribution in [2.75, 3.05) is 18.4 Å². The summed E-state index contributed by atoms with van der Waals surface area (Å²) in [5, 5.41) is 1.04. The number of alkyl halides is 1. The van der Waals surface area contributed by atoms with E-state index < -0.39 is 0 Å². The molecule has 0 bridgehead atoms. The summed E-state index contributed by atoms with van der Waals surface area (Å²) in [7, 11) is 0. The van der Waals surface area contributed by atoms with Gasteiger partial charge in [0.05, 0.1) is 0 Å². The minimum atomic E-state index is 0.313. The molecular formula is C16H28BrNO. The van der Waals surface area contributed by atoms with Crippen LogP contribution < -0.4 is 0 Å². The van der Waals surface area contributed by atoms with Crippen LogP contribution in [0.4, 0.5) is 0 Å². The normalized spacial score (nSPS) is 32.6. The number of hydrogen-bond acceptors (Lipinski definition) is 1. The zero-order valence-corrected chi connectivity index (χ0v) is 14.2. The van der Waals surface area contributed by atoms with Crippen molar-refractivity contribution in [3.05, 3.63) is 0 Å². The topological polar surface area (TPSA) is 20.3 Å². The molecule has 0 aromatic carbocycles. The molecule has 0 N–H and O–H groups in total. The summed E-state index contributed by atoms with van der Waals surface area (Å²) in [5.41, 5.74) is 0.405. The van der Waals surface area contributed by atoms with Crippen molar-refractivity contribution in [1.82, 2.24) is 4.90 Å². The van der Waals surface area contributed by atoms with E-state index in [0.717, 1.165) is 37.2 Å². The maximum absolute atomic E-state index is 12.5. The van der Waals surface area contributed by atoms with Gasteiger partial charge in [-0.05, 0) is 49.4 Å². The number of rotatable bonds is 2. The lowest BCUT2D eigenvalue weighted by Crippen LogP contribution is -2.37. The standard InChI is InChI=1S/C16H28BrNO/c1-16(2,3)14-6-4-13(5-7-14)15(19)18-9-8-12(10-17)11-18/h12-14H,4-11H2,1-3H3. The molecule has 2 rings (SSSR count). The lowest BCUT2D eigenvalue weighted by atomic mass is 9.69. The second kappa shape index (κ2) is 6.15. The molecule has 1 unspecified atom stereocenters. The molecule has 19 heavy (non-hydrogen) atoms. The Morgan fingerprint density at radius 3 is 2.26 bits per heavy atom. The van der Waals surface area contributed by atoms with Gasteiger partial charge in [0.1, 0.15) is 0 Å². The molecule has 1 heterocycles. The van der Waals surface area contributed by atoms with Gasteiger partial charge in [-0.3, -0.25) is 4.79 Å². The third-order valence-corrected chi connectivity index (χ3v) is 6.03. The second-order valence-corrected chi connectivity index (χ2v) is 8.16. The average Bonchev–Trinajstić information content (AvgIpc) is 2.86. The van der Waals surface area contributed by atoms with Crippen LogP contribution in [0.2, 0.25) is 0 Å². The van der Waals surface area contributed by atoms with Crippen molar-refractivity contribution in [2.45, 2.75) is 52.9 Å². The van der Waals surface area contributed by atoms with Crippen molar-refractivity contribution in [1.29, 1.82) is 0 Å². The summed E-state index contributed by atoms with van der Waals surface area (Å²) in [5.74, 6) is 2.23. The predicted molar refractivity (Wildman–Crippen MR) is 83.4 cm³/mol. The predicted octanol–water partition coefficient (Wildman–Crippen LogP) is 4.08. The number of hydrogen-bond donors (Lipinski definition) is 0. The van der Waals surface area contributed by atoms with E-state index in [9.17, 15) is 4.79 Å². The molecule has 1 saturated carbocycles. The minimum Gasteiger partial charge on any atom is -0.342 e. The number of amides is 1. The van der Waals surface area contributed by atoms with Crippen molar-refractivity contribution < 1.29 is 4.79 Å². The van der Waals surface area contributed by atoms with Gasteiger partial charge < -0.3 is 4.90 Å². The van der Waals surface area contributed by atoms with E-state index in [1.807, 2.05) is 0 Å². The van der Waals surface area contributed by atoms with Crippen LogP contribution in [0, 0.1) is 23.2 Å². The van der Waals surface area contributed by atoms with Crippen molar-refractivity contribution in [3.63, 3.8) is 0 Å². The molecule has 2 aliphatic rings. The van der Waals surface area contributed by atoms with Gasteiger partial charge in [0, 0.05) is 24.3 Å². The Hall–Kier alpha value is -0.0500. The zero-order chi connectivity index (χ0) is 14.0. The van der Waals surface area contributed by atoms with Gasteiger partial charge in [-0.1, -0.05) is 36.7 Å². The molecule has 2 fully saturated rings. The highest BCUT2D eigenvalue weighted by atomic mass is 79.9. The SMILES string of the molecule is CC(C)(C)C1CCC(C(=O)N2CCC(CBr)C2)CC1. The van der Waals surface area contributed by atoms with Crippen LogP contribution in [0.5, 0.6) is 0 Å². The molecule has 2 nitrogen and oxygen atoms in total. The summed E-state index contributed by atoms with van der Waals surface area (Å²) in [6.45, 7) is 8.96. The molecule has 0 aromatic rings. The summed E-state index contributed by atoms with van der Waals surface area (Å²) in [6.07, 6.45) is 5.85.